The van der Waals surface area contributed by atoms with Crippen LogP contribution in [0.15, 0.2) is 0 Å². The highest BCUT2D eigenvalue weighted by atomic mass is 19.4. The minimum Gasteiger partial charge on any atom is -0.370 e. The van der Waals surface area contributed by atoms with Crippen LogP contribution in [-0.4, -0.2) is 23.1 Å². The van der Waals surface area contributed by atoms with Crippen molar-refractivity contribution in [2.75, 3.05) is 13.2 Å². The molecular weight excluding hydrogens is 259 g/mol. The van der Waals surface area contributed by atoms with E-state index in [4.69, 9.17) is 4.74 Å². The van der Waals surface area contributed by atoms with Crippen LogP contribution in [0, 0.1) is 0 Å². The third-order valence-electron chi connectivity index (χ3n) is 3.44. The zero-order valence-electron chi connectivity index (χ0n) is 10.3. The molecule has 0 spiro atoms. The van der Waals surface area contributed by atoms with E-state index in [0.717, 1.165) is 6.42 Å². The molecule has 2 aliphatic heterocycles. The van der Waals surface area contributed by atoms with Crippen LogP contribution in [0.25, 0.3) is 0 Å². The van der Waals surface area contributed by atoms with Gasteiger partial charge in [0.05, 0.1) is 5.69 Å². The Labute approximate surface area is 108 Å². The Balaban J connectivity index is 2.07. The lowest BCUT2D eigenvalue weighted by molar-refractivity contribution is -0.142. The maximum Gasteiger partial charge on any atom is 0.433 e. The highest BCUT2D eigenvalue weighted by Crippen LogP contribution is 2.35. The first-order valence-electron chi connectivity index (χ1n) is 6.35. The maximum absolute atomic E-state index is 13.1. The van der Waals surface area contributed by atoms with Gasteiger partial charge >= 0.3 is 6.18 Å². The summed E-state index contributed by atoms with van der Waals surface area (Å²) in [6.07, 6.45) is -2.99. The van der Waals surface area contributed by atoms with Gasteiger partial charge in [0.25, 0.3) is 0 Å². The van der Waals surface area contributed by atoms with Crippen LogP contribution in [-0.2, 0) is 23.9 Å². The van der Waals surface area contributed by atoms with Crippen molar-refractivity contribution in [2.24, 2.45) is 0 Å². The summed E-state index contributed by atoms with van der Waals surface area (Å²) in [7, 11) is 0. The van der Waals surface area contributed by atoms with Gasteiger partial charge in [0.2, 0.25) is 0 Å². The van der Waals surface area contributed by atoms with Gasteiger partial charge in [-0.2, -0.15) is 13.2 Å². The SMILES string of the molecule is FC(F)(F)c1nc(C2CCCO2)nc2c1CCNC2. The first-order chi connectivity index (χ1) is 9.05. The van der Waals surface area contributed by atoms with Crippen LogP contribution < -0.4 is 5.32 Å². The van der Waals surface area contributed by atoms with Gasteiger partial charge in [-0.15, -0.1) is 0 Å². The summed E-state index contributed by atoms with van der Waals surface area (Å²) in [6, 6.07) is 0. The van der Waals surface area contributed by atoms with Crippen molar-refractivity contribution in [3.8, 4) is 0 Å². The summed E-state index contributed by atoms with van der Waals surface area (Å²) in [5.41, 5.74) is -0.100. The number of aromatic nitrogens is 2. The second-order valence-electron chi connectivity index (χ2n) is 4.78. The molecule has 0 radical (unpaired) electrons. The van der Waals surface area contributed by atoms with Gasteiger partial charge in [-0.3, -0.25) is 0 Å². The summed E-state index contributed by atoms with van der Waals surface area (Å²) >= 11 is 0. The Morgan fingerprint density at radius 1 is 1.26 bits per heavy atom. The fraction of sp³-hybridized carbons (Fsp3) is 0.667. The van der Waals surface area contributed by atoms with Gasteiger partial charge in [-0.05, 0) is 25.8 Å². The smallest absolute Gasteiger partial charge is 0.370 e. The van der Waals surface area contributed by atoms with Crippen LogP contribution >= 0.6 is 0 Å². The number of nitrogens with one attached hydrogen (secondary N) is 1. The molecule has 1 unspecified atom stereocenters. The van der Waals surface area contributed by atoms with Crippen molar-refractivity contribution in [3.63, 3.8) is 0 Å². The molecule has 0 saturated carbocycles. The molecule has 19 heavy (non-hydrogen) atoms. The lowest BCUT2D eigenvalue weighted by Crippen LogP contribution is -2.29. The Hall–Kier alpha value is -1.21. The topological polar surface area (TPSA) is 47.0 Å². The number of rotatable bonds is 1. The molecule has 1 N–H and O–H groups in total. The van der Waals surface area contributed by atoms with Crippen LogP contribution in [0.3, 0.4) is 0 Å². The van der Waals surface area contributed by atoms with Crippen molar-refractivity contribution in [1.82, 2.24) is 15.3 Å². The second-order valence-corrected chi connectivity index (χ2v) is 4.78. The van der Waals surface area contributed by atoms with Crippen molar-refractivity contribution < 1.29 is 17.9 Å². The van der Waals surface area contributed by atoms with E-state index in [1.807, 2.05) is 0 Å². The Bertz CT molecular complexity index is 484. The fourth-order valence-electron chi connectivity index (χ4n) is 2.54. The molecular formula is C12H14F3N3O. The summed E-state index contributed by atoms with van der Waals surface area (Å²) < 4.78 is 44.7. The molecule has 2 aliphatic rings. The van der Waals surface area contributed by atoms with Crippen LogP contribution in [0.4, 0.5) is 13.2 Å². The minimum absolute atomic E-state index is 0.173. The van der Waals surface area contributed by atoms with Crippen molar-refractivity contribution in [1.29, 1.82) is 0 Å². The van der Waals surface area contributed by atoms with E-state index in [1.165, 1.54) is 0 Å². The standard InChI is InChI=1S/C12H14F3N3O/c13-12(14,15)10-7-3-4-16-6-8(7)17-11(18-10)9-2-1-5-19-9/h9,16H,1-6H2. The second kappa shape index (κ2) is 4.72. The first kappa shape index (κ1) is 12.8. The summed E-state index contributed by atoms with van der Waals surface area (Å²) in [5, 5.41) is 3.04. The van der Waals surface area contributed by atoms with E-state index in [9.17, 15) is 13.2 Å². The molecule has 1 aromatic heterocycles. The van der Waals surface area contributed by atoms with Crippen molar-refractivity contribution in [2.45, 2.75) is 38.1 Å². The van der Waals surface area contributed by atoms with Gasteiger partial charge in [0.1, 0.15) is 6.10 Å². The molecule has 0 bridgehead atoms. The average Bonchev–Trinajstić information content (AvgIpc) is 2.90. The van der Waals surface area contributed by atoms with Gasteiger partial charge < -0.3 is 10.1 Å². The Kier molecular flexibility index (Phi) is 3.18. The summed E-state index contributed by atoms with van der Waals surface area (Å²) in [4.78, 5) is 8.02. The van der Waals surface area contributed by atoms with E-state index in [-0.39, 0.29) is 11.4 Å². The largest absolute Gasteiger partial charge is 0.433 e. The van der Waals surface area contributed by atoms with Gasteiger partial charge in [0.15, 0.2) is 11.5 Å². The van der Waals surface area contributed by atoms with Crippen LogP contribution in [0.2, 0.25) is 0 Å². The molecule has 1 atom stereocenters. The fourth-order valence-corrected chi connectivity index (χ4v) is 2.54. The van der Waals surface area contributed by atoms with E-state index < -0.39 is 18.0 Å². The summed E-state index contributed by atoms with van der Waals surface area (Å²) in [5.74, 6) is 0.173. The molecule has 0 amide bonds. The molecule has 1 aromatic rings. The molecule has 7 heteroatoms. The first-order valence-corrected chi connectivity index (χ1v) is 6.35. The molecule has 0 aliphatic carbocycles. The van der Waals surface area contributed by atoms with Crippen LogP contribution in [0.1, 0.15) is 41.7 Å². The van der Waals surface area contributed by atoms with E-state index in [0.29, 0.717) is 38.2 Å². The Morgan fingerprint density at radius 3 is 2.79 bits per heavy atom. The lowest BCUT2D eigenvalue weighted by Gasteiger charge is -2.22. The van der Waals surface area contributed by atoms with E-state index in [1.54, 1.807) is 0 Å². The molecule has 1 saturated heterocycles. The Morgan fingerprint density at radius 2 is 2.11 bits per heavy atom. The van der Waals surface area contributed by atoms with E-state index in [2.05, 4.69) is 15.3 Å². The average molecular weight is 273 g/mol. The predicted molar refractivity (Wildman–Crippen MR) is 60.4 cm³/mol. The lowest BCUT2D eigenvalue weighted by atomic mass is 10.0. The van der Waals surface area contributed by atoms with Gasteiger partial charge in [-0.25, -0.2) is 9.97 Å². The molecule has 3 rings (SSSR count). The monoisotopic (exact) mass is 273 g/mol. The normalized spacial score (nSPS) is 23.4. The zero-order valence-corrected chi connectivity index (χ0v) is 10.3. The highest BCUT2D eigenvalue weighted by molar-refractivity contribution is 5.30. The van der Waals surface area contributed by atoms with Crippen LogP contribution in [0.5, 0.6) is 0 Å². The number of nitrogens with zero attached hydrogens (tertiary/aromatic N) is 2. The molecule has 3 heterocycles. The predicted octanol–water partition coefficient (Wildman–Crippen LogP) is 1.99. The summed E-state index contributed by atoms with van der Waals surface area (Å²) in [6.45, 7) is 1.45. The maximum atomic E-state index is 13.1. The quantitative estimate of drug-likeness (QED) is 0.850. The number of alkyl halides is 3. The molecule has 4 nitrogen and oxygen atoms in total. The third kappa shape index (κ3) is 2.44. The number of hydrogen-bond acceptors (Lipinski definition) is 4. The molecule has 104 valence electrons. The molecule has 1 fully saturated rings. The minimum atomic E-state index is -4.43. The number of hydrogen-bond donors (Lipinski definition) is 1. The highest BCUT2D eigenvalue weighted by Gasteiger charge is 2.38. The van der Waals surface area contributed by atoms with Crippen molar-refractivity contribution in [3.05, 3.63) is 22.8 Å². The third-order valence-corrected chi connectivity index (χ3v) is 3.44. The number of ether oxygens (including phenoxy) is 1. The number of fused-ring (bicyclic) bond motifs is 1. The number of halogens is 3. The van der Waals surface area contributed by atoms with Gasteiger partial charge in [0, 0.05) is 18.7 Å². The molecule has 0 aromatic carbocycles. The van der Waals surface area contributed by atoms with Gasteiger partial charge in [-0.1, -0.05) is 0 Å². The van der Waals surface area contributed by atoms with Crippen molar-refractivity contribution >= 4 is 0 Å². The zero-order chi connectivity index (χ0) is 13.5. The van der Waals surface area contributed by atoms with E-state index >= 15 is 0 Å².